The maximum atomic E-state index is 9.70. The van der Waals surface area contributed by atoms with E-state index in [0.717, 1.165) is 34.3 Å². The topological polar surface area (TPSA) is 63.3 Å². The van der Waals surface area contributed by atoms with Gasteiger partial charge in [-0.1, -0.05) is 19.1 Å². The standard InChI is InChI=1S/C18H16N4OS/c1-10-5-6-14-13(7-10)15-17-20-16(11-3-2-4-12(23)8-11)21-22(17)9-19-18(15)24-14/h2-4,8-10,23H,5-7H2,1H3/t10-/m0/s1. The number of nitrogens with zero attached hydrogens (tertiary/aromatic N) is 4. The summed E-state index contributed by atoms with van der Waals surface area (Å²) in [6, 6.07) is 7.04. The first-order chi connectivity index (χ1) is 11.7. The lowest BCUT2D eigenvalue weighted by Gasteiger charge is -2.17. The van der Waals surface area contributed by atoms with E-state index in [1.807, 2.05) is 6.07 Å². The van der Waals surface area contributed by atoms with Crippen molar-refractivity contribution < 1.29 is 5.11 Å². The van der Waals surface area contributed by atoms with Crippen molar-refractivity contribution in [3.8, 4) is 17.1 Å². The third-order valence-corrected chi connectivity index (χ3v) is 5.93. The predicted octanol–water partition coefficient (Wildman–Crippen LogP) is 3.84. The molecule has 0 saturated carbocycles. The summed E-state index contributed by atoms with van der Waals surface area (Å²) in [6.45, 7) is 2.31. The Morgan fingerprint density at radius 1 is 1.33 bits per heavy atom. The number of aromatic hydroxyl groups is 1. The lowest BCUT2D eigenvalue weighted by molar-refractivity contribution is 0.475. The zero-order chi connectivity index (χ0) is 16.3. The highest BCUT2D eigenvalue weighted by Gasteiger charge is 2.23. The molecule has 0 saturated heterocycles. The Morgan fingerprint density at radius 3 is 3.12 bits per heavy atom. The molecule has 6 heteroatoms. The van der Waals surface area contributed by atoms with Crippen molar-refractivity contribution in [2.45, 2.75) is 26.2 Å². The van der Waals surface area contributed by atoms with Gasteiger partial charge in [-0.3, -0.25) is 0 Å². The molecular weight excluding hydrogens is 320 g/mol. The van der Waals surface area contributed by atoms with Crippen molar-refractivity contribution in [2.75, 3.05) is 0 Å². The molecule has 5 rings (SSSR count). The zero-order valence-corrected chi connectivity index (χ0v) is 14.0. The summed E-state index contributed by atoms with van der Waals surface area (Å²) < 4.78 is 1.76. The summed E-state index contributed by atoms with van der Waals surface area (Å²) >= 11 is 1.79. The van der Waals surface area contributed by atoms with Crippen LogP contribution in [0.15, 0.2) is 30.6 Å². The summed E-state index contributed by atoms with van der Waals surface area (Å²) in [5.74, 6) is 1.53. The first kappa shape index (κ1) is 13.9. The van der Waals surface area contributed by atoms with Crippen LogP contribution in [0, 0.1) is 5.92 Å². The van der Waals surface area contributed by atoms with Gasteiger partial charge in [0.2, 0.25) is 0 Å². The Hall–Kier alpha value is -2.47. The first-order valence-electron chi connectivity index (χ1n) is 8.14. The van der Waals surface area contributed by atoms with E-state index in [-0.39, 0.29) is 5.75 Å². The Kier molecular flexibility index (Phi) is 2.91. The zero-order valence-electron chi connectivity index (χ0n) is 13.2. The van der Waals surface area contributed by atoms with Crippen LogP contribution in [0.25, 0.3) is 27.3 Å². The van der Waals surface area contributed by atoms with E-state index in [1.165, 1.54) is 16.9 Å². The maximum absolute atomic E-state index is 9.70. The maximum Gasteiger partial charge on any atom is 0.182 e. The number of phenols is 1. The minimum Gasteiger partial charge on any atom is -0.508 e. The average molecular weight is 336 g/mol. The van der Waals surface area contributed by atoms with Gasteiger partial charge in [0.15, 0.2) is 11.5 Å². The molecule has 0 fully saturated rings. The van der Waals surface area contributed by atoms with Gasteiger partial charge in [-0.05, 0) is 42.9 Å². The third kappa shape index (κ3) is 2.03. The fourth-order valence-electron chi connectivity index (χ4n) is 3.51. The smallest absolute Gasteiger partial charge is 0.182 e. The van der Waals surface area contributed by atoms with Crippen molar-refractivity contribution in [3.05, 3.63) is 41.0 Å². The van der Waals surface area contributed by atoms with Crippen molar-refractivity contribution in [2.24, 2.45) is 5.92 Å². The molecule has 3 heterocycles. The third-order valence-electron chi connectivity index (χ3n) is 4.73. The Balaban J connectivity index is 1.77. The Labute approximate surface area is 142 Å². The normalized spacial score (nSPS) is 17.5. The quantitative estimate of drug-likeness (QED) is 0.574. The fourth-order valence-corrected chi connectivity index (χ4v) is 4.69. The number of aryl methyl sites for hydroxylation is 1. The molecule has 0 bridgehead atoms. The van der Waals surface area contributed by atoms with Gasteiger partial charge in [0.05, 0.1) is 5.39 Å². The second kappa shape index (κ2) is 5.01. The fraction of sp³-hybridized carbons (Fsp3) is 0.278. The number of thiophene rings is 1. The van der Waals surface area contributed by atoms with Crippen LogP contribution in [0.4, 0.5) is 0 Å². The molecule has 1 N–H and O–H groups in total. The van der Waals surface area contributed by atoms with Gasteiger partial charge in [-0.25, -0.2) is 14.5 Å². The number of fused-ring (bicyclic) bond motifs is 5. The number of phenolic OH excluding ortho intramolecular Hbond substituents is 1. The predicted molar refractivity (Wildman–Crippen MR) is 94.5 cm³/mol. The van der Waals surface area contributed by atoms with Gasteiger partial charge in [-0.2, -0.15) is 0 Å². The molecule has 0 aliphatic heterocycles. The average Bonchev–Trinajstić information content (AvgIpc) is 3.15. The van der Waals surface area contributed by atoms with Gasteiger partial charge in [0, 0.05) is 10.4 Å². The van der Waals surface area contributed by atoms with Crippen LogP contribution in [0.5, 0.6) is 5.75 Å². The Morgan fingerprint density at radius 2 is 2.25 bits per heavy atom. The van der Waals surface area contributed by atoms with Crippen molar-refractivity contribution in [3.63, 3.8) is 0 Å². The summed E-state index contributed by atoms with van der Waals surface area (Å²) in [4.78, 5) is 11.9. The van der Waals surface area contributed by atoms with Crippen molar-refractivity contribution in [1.82, 2.24) is 19.6 Å². The van der Waals surface area contributed by atoms with Crippen LogP contribution in [0.1, 0.15) is 23.8 Å². The molecule has 1 aliphatic carbocycles. The van der Waals surface area contributed by atoms with Crippen LogP contribution in [0.2, 0.25) is 0 Å². The highest BCUT2D eigenvalue weighted by atomic mass is 32.1. The molecule has 0 radical (unpaired) electrons. The molecular formula is C18H16N4OS. The number of rotatable bonds is 1. The van der Waals surface area contributed by atoms with E-state index in [1.54, 1.807) is 40.4 Å². The van der Waals surface area contributed by atoms with E-state index in [4.69, 9.17) is 4.98 Å². The molecule has 0 spiro atoms. The SMILES string of the molecule is C[C@H]1CCc2sc3ncn4nc(-c5cccc(O)c5)nc4c3c2C1. The minimum atomic E-state index is 0.219. The first-order valence-corrected chi connectivity index (χ1v) is 8.96. The van der Waals surface area contributed by atoms with Gasteiger partial charge in [-0.15, -0.1) is 16.4 Å². The monoisotopic (exact) mass is 336 g/mol. The number of hydrogen-bond donors (Lipinski definition) is 1. The van der Waals surface area contributed by atoms with Crippen LogP contribution in [0.3, 0.4) is 0 Å². The van der Waals surface area contributed by atoms with Gasteiger partial charge >= 0.3 is 0 Å². The molecule has 4 aromatic rings. The number of aromatic nitrogens is 4. The van der Waals surface area contributed by atoms with E-state index >= 15 is 0 Å². The van der Waals surface area contributed by atoms with Gasteiger partial charge < -0.3 is 5.11 Å². The second-order valence-electron chi connectivity index (χ2n) is 6.53. The highest BCUT2D eigenvalue weighted by Crippen LogP contribution is 2.38. The molecule has 0 amide bonds. The van der Waals surface area contributed by atoms with E-state index in [9.17, 15) is 5.11 Å². The molecule has 5 nitrogen and oxygen atoms in total. The molecule has 120 valence electrons. The largest absolute Gasteiger partial charge is 0.508 e. The molecule has 24 heavy (non-hydrogen) atoms. The van der Waals surface area contributed by atoms with E-state index in [0.29, 0.717) is 11.7 Å². The summed E-state index contributed by atoms with van der Waals surface area (Å²) in [5, 5.41) is 15.4. The molecule has 1 atom stereocenters. The van der Waals surface area contributed by atoms with Gasteiger partial charge in [0.25, 0.3) is 0 Å². The van der Waals surface area contributed by atoms with Crippen LogP contribution in [-0.4, -0.2) is 24.7 Å². The van der Waals surface area contributed by atoms with E-state index < -0.39 is 0 Å². The van der Waals surface area contributed by atoms with Crippen LogP contribution >= 0.6 is 11.3 Å². The minimum absolute atomic E-state index is 0.219. The van der Waals surface area contributed by atoms with E-state index in [2.05, 4.69) is 17.0 Å². The van der Waals surface area contributed by atoms with Gasteiger partial charge in [0.1, 0.15) is 16.9 Å². The molecule has 1 aliphatic rings. The van der Waals surface area contributed by atoms with Crippen molar-refractivity contribution in [1.29, 1.82) is 0 Å². The summed E-state index contributed by atoms with van der Waals surface area (Å²) in [7, 11) is 0. The van der Waals surface area contributed by atoms with Crippen molar-refractivity contribution >= 4 is 27.2 Å². The molecule has 1 aromatic carbocycles. The molecule has 0 unspecified atom stereocenters. The summed E-state index contributed by atoms with van der Waals surface area (Å²) in [5.41, 5.74) is 3.08. The second-order valence-corrected chi connectivity index (χ2v) is 7.61. The Bertz CT molecular complexity index is 1080. The molecule has 3 aromatic heterocycles. The lowest BCUT2D eigenvalue weighted by atomic mass is 9.89. The van der Waals surface area contributed by atoms with Crippen LogP contribution in [-0.2, 0) is 12.8 Å². The van der Waals surface area contributed by atoms with Crippen LogP contribution < -0.4 is 0 Å². The number of benzene rings is 1. The summed E-state index contributed by atoms with van der Waals surface area (Å²) in [6.07, 6.45) is 5.21. The number of hydrogen-bond acceptors (Lipinski definition) is 5. The highest BCUT2D eigenvalue weighted by molar-refractivity contribution is 7.19. The lowest BCUT2D eigenvalue weighted by Crippen LogP contribution is -2.09.